The summed E-state index contributed by atoms with van der Waals surface area (Å²) in [6, 6.07) is 17.0. The zero-order valence-electron chi connectivity index (χ0n) is 46.2. The molecular formula is C59H89ClN11O3S+. The number of hydrogen-bond acceptors (Lipinski definition) is 13. The molecule has 9 aliphatic rings. The lowest BCUT2D eigenvalue weighted by molar-refractivity contribution is -0.972. The molecule has 8 heterocycles. The van der Waals surface area contributed by atoms with Crippen molar-refractivity contribution in [2.75, 3.05) is 70.4 Å². The van der Waals surface area contributed by atoms with Gasteiger partial charge in [0.1, 0.15) is 24.2 Å². The van der Waals surface area contributed by atoms with Crippen LogP contribution in [0.2, 0.25) is 5.02 Å². The summed E-state index contributed by atoms with van der Waals surface area (Å²) >= 11 is 8.52. The molecule has 0 radical (unpaired) electrons. The number of thioether (sulfide) groups is 1. The minimum Gasteiger partial charge on any atom is -0.489 e. The number of nitriles is 1. The topological polar surface area (TPSA) is 142 Å². The summed E-state index contributed by atoms with van der Waals surface area (Å²) < 4.78 is 13.7. The first-order valence-corrected chi connectivity index (χ1v) is 30.7. The summed E-state index contributed by atoms with van der Waals surface area (Å²) in [4.78, 5) is 28.3. The number of aliphatic imine (C=N–C) groups is 1. The minimum atomic E-state index is -0.297. The molecule has 2 aromatic rings. The third-order valence-electron chi connectivity index (χ3n) is 20.2. The van der Waals surface area contributed by atoms with Crippen molar-refractivity contribution in [3.63, 3.8) is 0 Å². The van der Waals surface area contributed by atoms with E-state index < -0.39 is 0 Å². The molecule has 10 atom stereocenters. The Balaban J connectivity index is 0.684. The van der Waals surface area contributed by atoms with Crippen LogP contribution in [-0.2, 0) is 9.53 Å². The number of quaternary nitrogens is 1. The standard InChI is InChI=1S/C59H88ClN11O3S/c1-37-38(2)75-54-50(37)51(64-48(33-49-62-23-30-73-49)52-67-66-39(3)70(52)54)42-13-16-45(17-14-42)68-24-19-40(20-25-68)31-41-21-26-69(27-22-41)57-63-35-44(36-71(57)28-11-9-8-10-12-29-71)53(72)65-55-58(4,5)56(59(55,6)7)74-46-18-15-43(34-61)47(60)32-46/h13-18,32,37-41,44,48-50,52,54-57,62-63,66-67H,8-12,19-31,33,35-36H2,1-7H3/p+1/t37?,38?,39?,44?,48-,49?,50?,52?,54?,55?,56?,57?/m1/s1. The third-order valence-corrected chi connectivity index (χ3v) is 22.2. The van der Waals surface area contributed by atoms with E-state index in [9.17, 15) is 10.1 Å². The third kappa shape index (κ3) is 10.7. The molecule has 1 amide bonds. The van der Waals surface area contributed by atoms with Crippen molar-refractivity contribution < 1.29 is 18.8 Å². The van der Waals surface area contributed by atoms with Crippen LogP contribution in [0.4, 0.5) is 5.69 Å². The molecule has 1 spiro atoms. The van der Waals surface area contributed by atoms with Gasteiger partial charge in [-0.05, 0) is 112 Å². The molecule has 14 nitrogen and oxygen atoms in total. The van der Waals surface area contributed by atoms with Crippen LogP contribution >= 0.6 is 23.4 Å². The van der Waals surface area contributed by atoms with Crippen LogP contribution in [0.3, 0.4) is 0 Å². The number of piperidine rings is 2. The molecule has 1 saturated carbocycles. The highest BCUT2D eigenvalue weighted by Gasteiger charge is 2.65. The van der Waals surface area contributed by atoms with Gasteiger partial charge in [-0.3, -0.25) is 29.8 Å². The van der Waals surface area contributed by atoms with Crippen LogP contribution in [0.5, 0.6) is 5.75 Å². The Morgan fingerprint density at radius 3 is 2.28 bits per heavy atom. The highest BCUT2D eigenvalue weighted by Crippen LogP contribution is 2.56. The average molecular weight is 1070 g/mol. The summed E-state index contributed by atoms with van der Waals surface area (Å²) in [6.07, 6.45) is 14.2. The van der Waals surface area contributed by atoms with E-state index in [2.05, 4.69) is 132 Å². The van der Waals surface area contributed by atoms with E-state index in [1.165, 1.54) is 81.2 Å². The summed E-state index contributed by atoms with van der Waals surface area (Å²) in [6.45, 7) is 26.0. The predicted molar refractivity (Wildman–Crippen MR) is 301 cm³/mol. The van der Waals surface area contributed by atoms with Crippen LogP contribution in [-0.4, -0.2) is 145 Å². The van der Waals surface area contributed by atoms with Crippen LogP contribution in [0, 0.1) is 51.8 Å². The summed E-state index contributed by atoms with van der Waals surface area (Å²) in [5, 5.41) is 21.9. The maximum atomic E-state index is 14.5. The SMILES string of the molecule is CC1SC2C(C(c3ccc(N4CCC(CC5CCN(C6NCC(C(=O)NC7C(C)(C)C(Oc8ccc(C#N)c(Cl)c8)C7(C)C)C[N+]67CCCCCCC7)CC5)CC4)cc3)=N[C@H](CC3NCCO3)C3NNC(C)N23)C1C. The lowest BCUT2D eigenvalue weighted by Gasteiger charge is -2.63. The summed E-state index contributed by atoms with van der Waals surface area (Å²) in [7, 11) is 0. The molecule has 0 aromatic heterocycles. The van der Waals surface area contributed by atoms with Gasteiger partial charge in [0, 0.05) is 91.2 Å². The number of amides is 1. The molecule has 0 bridgehead atoms. The van der Waals surface area contributed by atoms with Gasteiger partial charge in [-0.15, -0.1) is 11.8 Å². The molecule has 1 aliphatic carbocycles. The molecule has 8 fully saturated rings. The smallest absolute Gasteiger partial charge is 0.230 e. The van der Waals surface area contributed by atoms with E-state index in [0.29, 0.717) is 45.3 Å². The number of hydrogen-bond donors (Lipinski definition) is 5. The fraction of sp³-hybridized carbons (Fsp3) is 0.746. The maximum Gasteiger partial charge on any atom is 0.230 e. The number of hydrazine groups is 1. The molecule has 75 heavy (non-hydrogen) atoms. The van der Waals surface area contributed by atoms with Crippen molar-refractivity contribution in [3.8, 4) is 11.8 Å². The maximum absolute atomic E-state index is 14.5. The number of fused-ring (bicyclic) bond motifs is 3. The molecule has 5 N–H and O–H groups in total. The van der Waals surface area contributed by atoms with Gasteiger partial charge in [-0.1, -0.05) is 71.7 Å². The first-order valence-electron chi connectivity index (χ1n) is 29.4. The van der Waals surface area contributed by atoms with Crippen molar-refractivity contribution in [2.24, 2.45) is 45.4 Å². The largest absolute Gasteiger partial charge is 0.489 e. The Hall–Kier alpha value is -3.01. The predicted octanol–water partition coefficient (Wildman–Crippen LogP) is 8.12. The number of carbonyl (C=O) groups excluding carboxylic acids is 1. The van der Waals surface area contributed by atoms with Gasteiger partial charge in [0.2, 0.25) is 12.2 Å². The number of ether oxygens (including phenoxy) is 2. The van der Waals surface area contributed by atoms with Crippen molar-refractivity contribution in [2.45, 2.75) is 173 Å². The van der Waals surface area contributed by atoms with E-state index in [4.69, 9.17) is 26.1 Å². The molecule has 2 aromatic carbocycles. The molecule has 410 valence electrons. The number of anilines is 1. The Morgan fingerprint density at radius 1 is 0.920 bits per heavy atom. The Morgan fingerprint density at radius 2 is 1.61 bits per heavy atom. The monoisotopic (exact) mass is 1070 g/mol. The van der Waals surface area contributed by atoms with Gasteiger partial charge in [-0.2, -0.15) is 5.26 Å². The Labute approximate surface area is 458 Å². The second kappa shape index (κ2) is 22.3. The van der Waals surface area contributed by atoms with Gasteiger partial charge >= 0.3 is 0 Å². The fourth-order valence-electron chi connectivity index (χ4n) is 16.2. The normalized spacial score (nSPS) is 36.3. The van der Waals surface area contributed by atoms with Crippen LogP contribution < -0.4 is 36.4 Å². The van der Waals surface area contributed by atoms with E-state index in [1.807, 2.05) is 6.07 Å². The molecular weight excluding hydrogens is 978 g/mol. The van der Waals surface area contributed by atoms with E-state index in [1.54, 1.807) is 12.1 Å². The van der Waals surface area contributed by atoms with Crippen LogP contribution in [0.25, 0.3) is 0 Å². The second-order valence-corrected chi connectivity index (χ2v) is 27.6. The number of benzene rings is 2. The highest BCUT2D eigenvalue weighted by atomic mass is 35.5. The Bertz CT molecular complexity index is 2370. The van der Waals surface area contributed by atoms with Gasteiger partial charge < -0.3 is 19.7 Å². The zero-order chi connectivity index (χ0) is 52.2. The molecule has 9 unspecified atom stereocenters. The van der Waals surface area contributed by atoms with Crippen LogP contribution in [0.1, 0.15) is 130 Å². The molecule has 8 aliphatic heterocycles. The van der Waals surface area contributed by atoms with Gasteiger partial charge in [0.05, 0.1) is 66.5 Å². The minimum absolute atomic E-state index is 0.0409. The van der Waals surface area contributed by atoms with Crippen molar-refractivity contribution in [3.05, 3.63) is 58.6 Å². The first-order chi connectivity index (χ1) is 36.1. The Kier molecular flexibility index (Phi) is 16.0. The fourth-order valence-corrected chi connectivity index (χ4v) is 18.2. The molecule has 11 rings (SSSR count). The van der Waals surface area contributed by atoms with Crippen LogP contribution in [0.15, 0.2) is 47.5 Å². The molecule has 16 heteroatoms. The van der Waals surface area contributed by atoms with E-state index in [0.717, 1.165) is 81.7 Å². The van der Waals surface area contributed by atoms with Crippen molar-refractivity contribution in [1.29, 1.82) is 5.26 Å². The number of likely N-dealkylation sites (tertiary alicyclic amines) is 1. The number of halogens is 1. The van der Waals surface area contributed by atoms with Crippen molar-refractivity contribution >= 4 is 40.7 Å². The second-order valence-electron chi connectivity index (χ2n) is 25.7. The average Bonchev–Trinajstić information content (AvgIpc) is 4.13. The number of carbonyl (C=O) groups is 1. The number of rotatable bonds is 11. The zero-order valence-corrected chi connectivity index (χ0v) is 47.7. The van der Waals surface area contributed by atoms with Crippen molar-refractivity contribution in [1.82, 2.24) is 36.6 Å². The first kappa shape index (κ1) is 54.0. The number of nitrogens with one attached hydrogen (secondary N) is 5. The number of nitrogens with zero attached hydrogens (tertiary/aromatic N) is 6. The molecule has 7 saturated heterocycles. The summed E-state index contributed by atoms with van der Waals surface area (Å²) in [5.74, 6) is 3.19. The lowest BCUT2D eigenvalue weighted by atomic mass is 9.49. The van der Waals surface area contributed by atoms with E-state index in [-0.39, 0.29) is 65.7 Å². The van der Waals surface area contributed by atoms with E-state index >= 15 is 0 Å². The summed E-state index contributed by atoms with van der Waals surface area (Å²) in [5.41, 5.74) is 11.0. The highest BCUT2D eigenvalue weighted by molar-refractivity contribution is 8.00. The van der Waals surface area contributed by atoms with Gasteiger partial charge in [0.25, 0.3) is 0 Å². The lowest BCUT2D eigenvalue weighted by Crippen LogP contribution is -2.77. The quantitative estimate of drug-likeness (QED) is 0.139. The van der Waals surface area contributed by atoms with Gasteiger partial charge in [-0.25, -0.2) is 15.8 Å². The van der Waals surface area contributed by atoms with Gasteiger partial charge in [0.15, 0.2) is 0 Å².